The molecule has 2 nitrogen and oxygen atoms in total. The van der Waals surface area contributed by atoms with Crippen molar-refractivity contribution < 1.29 is 14.2 Å². The molecule has 94 valence electrons. The molecule has 2 rings (SSSR count). The van der Waals surface area contributed by atoms with Crippen LogP contribution >= 0.6 is 0 Å². The molecule has 0 aromatic heterocycles. The first kappa shape index (κ1) is 12.5. The van der Waals surface area contributed by atoms with E-state index in [0.29, 0.717) is 25.0 Å². The zero-order valence-electron chi connectivity index (χ0n) is 10.4. The molecule has 1 aromatic rings. The number of aliphatic hydroxyl groups is 1. The lowest BCUT2D eigenvalue weighted by molar-refractivity contribution is -0.157. The van der Waals surface area contributed by atoms with E-state index >= 15 is 0 Å². The van der Waals surface area contributed by atoms with Gasteiger partial charge in [-0.05, 0) is 31.0 Å². The summed E-state index contributed by atoms with van der Waals surface area (Å²) < 4.78 is 18.9. The molecule has 1 aromatic carbocycles. The van der Waals surface area contributed by atoms with Crippen molar-refractivity contribution in [1.29, 1.82) is 0 Å². The molecular weight excluding hydrogens is 219 g/mol. The number of rotatable bonds is 2. The van der Waals surface area contributed by atoms with Crippen molar-refractivity contribution in [3.8, 4) is 0 Å². The molecule has 1 aliphatic rings. The largest absolute Gasteiger partial charge is 0.385 e. The molecule has 3 heteroatoms. The maximum absolute atomic E-state index is 13.2. The van der Waals surface area contributed by atoms with Crippen LogP contribution in [0, 0.1) is 5.82 Å². The van der Waals surface area contributed by atoms with Gasteiger partial charge in [0.15, 0.2) is 0 Å². The summed E-state index contributed by atoms with van der Waals surface area (Å²) in [6.07, 6.45) is 1.87. The summed E-state index contributed by atoms with van der Waals surface area (Å²) in [5, 5.41) is 10.7. The van der Waals surface area contributed by atoms with E-state index in [1.54, 1.807) is 12.1 Å². The van der Waals surface area contributed by atoms with Crippen LogP contribution in [0.2, 0.25) is 0 Å². The van der Waals surface area contributed by atoms with E-state index in [2.05, 4.69) is 0 Å². The minimum absolute atomic E-state index is 0.305. The van der Waals surface area contributed by atoms with Crippen LogP contribution in [0.5, 0.6) is 0 Å². The quantitative estimate of drug-likeness (QED) is 0.858. The number of benzene rings is 1. The van der Waals surface area contributed by atoms with Crippen molar-refractivity contribution in [1.82, 2.24) is 0 Å². The van der Waals surface area contributed by atoms with Crippen LogP contribution in [0.1, 0.15) is 38.7 Å². The second-order valence-electron chi connectivity index (χ2n) is 5.12. The fourth-order valence-corrected chi connectivity index (χ4v) is 2.48. The molecule has 1 fully saturated rings. The molecule has 0 aliphatic carbocycles. The molecule has 1 N–H and O–H groups in total. The zero-order valence-corrected chi connectivity index (χ0v) is 10.4. The average Bonchev–Trinajstić information content (AvgIpc) is 2.29. The van der Waals surface area contributed by atoms with Crippen LogP contribution in [0.25, 0.3) is 0 Å². The van der Waals surface area contributed by atoms with Gasteiger partial charge in [-0.2, -0.15) is 0 Å². The maximum Gasteiger partial charge on any atom is 0.123 e. The summed E-state index contributed by atoms with van der Waals surface area (Å²) in [4.78, 5) is 0. The summed E-state index contributed by atoms with van der Waals surface area (Å²) >= 11 is 0. The van der Waals surface area contributed by atoms with Gasteiger partial charge in [0.25, 0.3) is 0 Å². The Labute approximate surface area is 101 Å². The normalized spacial score (nSPS) is 33.6. The summed E-state index contributed by atoms with van der Waals surface area (Å²) in [5.74, 6) is -0.305. The SMILES string of the molecule is CCC1(C)CC(O)(c2cccc(F)c2)CCO1. The molecular formula is C14H19FO2. The second-order valence-corrected chi connectivity index (χ2v) is 5.12. The van der Waals surface area contributed by atoms with Crippen LogP contribution in [-0.4, -0.2) is 17.3 Å². The minimum atomic E-state index is -0.967. The van der Waals surface area contributed by atoms with Gasteiger partial charge in [0.05, 0.1) is 17.8 Å². The Morgan fingerprint density at radius 3 is 2.88 bits per heavy atom. The summed E-state index contributed by atoms with van der Waals surface area (Å²) in [7, 11) is 0. The molecule has 0 saturated carbocycles. The Hall–Kier alpha value is -0.930. The molecule has 17 heavy (non-hydrogen) atoms. The molecule has 0 bridgehead atoms. The van der Waals surface area contributed by atoms with E-state index in [9.17, 15) is 9.50 Å². The number of hydrogen-bond donors (Lipinski definition) is 1. The van der Waals surface area contributed by atoms with Crippen molar-refractivity contribution in [3.63, 3.8) is 0 Å². The molecule has 2 unspecified atom stereocenters. The van der Waals surface area contributed by atoms with Crippen LogP contribution in [0.4, 0.5) is 4.39 Å². The number of halogens is 1. The topological polar surface area (TPSA) is 29.5 Å². The molecule has 0 amide bonds. The zero-order chi connectivity index (χ0) is 12.5. The van der Waals surface area contributed by atoms with E-state index in [-0.39, 0.29) is 11.4 Å². The van der Waals surface area contributed by atoms with Crippen LogP contribution in [-0.2, 0) is 10.3 Å². The Kier molecular flexibility index (Phi) is 3.23. The summed E-state index contributed by atoms with van der Waals surface area (Å²) in [5.41, 5.74) is -0.634. The van der Waals surface area contributed by atoms with Gasteiger partial charge in [0, 0.05) is 12.8 Å². The molecule has 2 atom stereocenters. The van der Waals surface area contributed by atoms with E-state index in [1.807, 2.05) is 13.8 Å². The monoisotopic (exact) mass is 238 g/mol. The Balaban J connectivity index is 2.29. The summed E-state index contributed by atoms with van der Waals surface area (Å²) in [6, 6.07) is 6.23. The molecule has 1 heterocycles. The van der Waals surface area contributed by atoms with Gasteiger partial charge < -0.3 is 9.84 Å². The second kappa shape index (κ2) is 4.39. The van der Waals surface area contributed by atoms with Gasteiger partial charge in [-0.1, -0.05) is 19.1 Å². The fraction of sp³-hybridized carbons (Fsp3) is 0.571. The molecule has 1 saturated heterocycles. The Bertz CT molecular complexity index is 407. The lowest BCUT2D eigenvalue weighted by atomic mass is 9.77. The Morgan fingerprint density at radius 1 is 1.47 bits per heavy atom. The van der Waals surface area contributed by atoms with Crippen molar-refractivity contribution in [2.24, 2.45) is 0 Å². The molecule has 1 aliphatic heterocycles. The first-order valence-corrected chi connectivity index (χ1v) is 6.10. The number of hydrogen-bond acceptors (Lipinski definition) is 2. The highest BCUT2D eigenvalue weighted by Crippen LogP contribution is 2.40. The lowest BCUT2D eigenvalue weighted by Gasteiger charge is -2.43. The van der Waals surface area contributed by atoms with Gasteiger partial charge in [-0.25, -0.2) is 4.39 Å². The van der Waals surface area contributed by atoms with Gasteiger partial charge in [-0.3, -0.25) is 0 Å². The maximum atomic E-state index is 13.2. The highest BCUT2D eigenvalue weighted by molar-refractivity contribution is 5.24. The molecule has 0 spiro atoms. The van der Waals surface area contributed by atoms with Gasteiger partial charge in [0.2, 0.25) is 0 Å². The third kappa shape index (κ3) is 2.50. The lowest BCUT2D eigenvalue weighted by Crippen LogP contribution is -2.45. The van der Waals surface area contributed by atoms with E-state index < -0.39 is 5.60 Å². The first-order valence-electron chi connectivity index (χ1n) is 6.10. The van der Waals surface area contributed by atoms with Crippen molar-refractivity contribution in [3.05, 3.63) is 35.6 Å². The highest BCUT2D eigenvalue weighted by atomic mass is 19.1. The van der Waals surface area contributed by atoms with E-state index in [0.717, 1.165) is 6.42 Å². The van der Waals surface area contributed by atoms with Crippen LogP contribution in [0.3, 0.4) is 0 Å². The summed E-state index contributed by atoms with van der Waals surface area (Å²) in [6.45, 7) is 4.55. The van der Waals surface area contributed by atoms with Crippen LogP contribution < -0.4 is 0 Å². The molecule has 0 radical (unpaired) electrons. The Morgan fingerprint density at radius 2 is 2.24 bits per heavy atom. The van der Waals surface area contributed by atoms with Gasteiger partial charge in [-0.15, -0.1) is 0 Å². The van der Waals surface area contributed by atoms with Crippen molar-refractivity contribution >= 4 is 0 Å². The van der Waals surface area contributed by atoms with Crippen LogP contribution in [0.15, 0.2) is 24.3 Å². The van der Waals surface area contributed by atoms with E-state index in [4.69, 9.17) is 4.74 Å². The number of ether oxygens (including phenoxy) is 1. The van der Waals surface area contributed by atoms with Gasteiger partial charge in [0.1, 0.15) is 5.82 Å². The van der Waals surface area contributed by atoms with Crippen molar-refractivity contribution in [2.45, 2.75) is 44.3 Å². The third-order valence-electron chi connectivity index (χ3n) is 3.74. The smallest absolute Gasteiger partial charge is 0.123 e. The average molecular weight is 238 g/mol. The standard InChI is InChI=1S/C14H19FO2/c1-3-13(2)10-14(16,7-8-17-13)11-5-4-6-12(15)9-11/h4-6,9,16H,3,7-8,10H2,1-2H3. The first-order chi connectivity index (χ1) is 7.97. The fourth-order valence-electron chi connectivity index (χ4n) is 2.48. The van der Waals surface area contributed by atoms with Gasteiger partial charge >= 0.3 is 0 Å². The predicted octanol–water partition coefficient (Wildman–Crippen LogP) is 2.99. The van der Waals surface area contributed by atoms with Crippen molar-refractivity contribution in [2.75, 3.05) is 6.61 Å². The third-order valence-corrected chi connectivity index (χ3v) is 3.74. The van der Waals surface area contributed by atoms with E-state index in [1.165, 1.54) is 12.1 Å². The highest BCUT2D eigenvalue weighted by Gasteiger charge is 2.42. The predicted molar refractivity (Wildman–Crippen MR) is 64.2 cm³/mol. The minimum Gasteiger partial charge on any atom is -0.385 e.